The highest BCUT2D eigenvalue weighted by molar-refractivity contribution is 5.64. The number of nitriles is 1. The second-order valence-corrected chi connectivity index (χ2v) is 6.55. The zero-order chi connectivity index (χ0) is 19.9. The lowest BCUT2D eigenvalue weighted by atomic mass is 10.0. The van der Waals surface area contributed by atoms with Gasteiger partial charge in [-0.3, -0.25) is 0 Å². The van der Waals surface area contributed by atoms with E-state index in [-0.39, 0.29) is 5.56 Å². The molecule has 0 aliphatic carbocycles. The first-order valence-electron chi connectivity index (χ1n) is 9.21. The second kappa shape index (κ2) is 8.98. The quantitative estimate of drug-likeness (QED) is 0.498. The molecule has 3 rings (SSSR count). The number of benzene rings is 3. The molecule has 0 aliphatic rings. The molecule has 0 fully saturated rings. The van der Waals surface area contributed by atoms with Crippen LogP contribution in [0.1, 0.15) is 42.0 Å². The highest BCUT2D eigenvalue weighted by atomic mass is 19.1. The first kappa shape index (κ1) is 19.3. The minimum atomic E-state index is -0.899. The van der Waals surface area contributed by atoms with Gasteiger partial charge in [-0.1, -0.05) is 61.6 Å². The molecule has 3 aromatic carbocycles. The van der Waals surface area contributed by atoms with Crippen LogP contribution in [0.3, 0.4) is 0 Å². The first-order valence-corrected chi connectivity index (χ1v) is 9.21. The molecule has 0 aromatic heterocycles. The van der Waals surface area contributed by atoms with Crippen molar-refractivity contribution in [3.05, 3.63) is 94.6 Å². The van der Waals surface area contributed by atoms with Crippen molar-refractivity contribution in [2.45, 2.75) is 26.2 Å². The standard InChI is InChI=1S/C25H19F2N/c1-2-3-4-18-7-11-21(12-8-18)22-13-9-19(10-14-22)5-6-20-15-24(26)23(17-28)25(27)16-20/h7-16H,2-4H2,1H3. The molecule has 0 amide bonds. The molecule has 0 heterocycles. The summed E-state index contributed by atoms with van der Waals surface area (Å²) in [5.41, 5.74) is 3.92. The number of aryl methyl sites for hydroxylation is 1. The Balaban J connectivity index is 1.75. The van der Waals surface area contributed by atoms with Gasteiger partial charge in [0.2, 0.25) is 0 Å². The zero-order valence-electron chi connectivity index (χ0n) is 15.6. The third-order valence-electron chi connectivity index (χ3n) is 4.50. The van der Waals surface area contributed by atoms with Crippen LogP contribution in [0.2, 0.25) is 0 Å². The van der Waals surface area contributed by atoms with E-state index in [4.69, 9.17) is 5.26 Å². The van der Waals surface area contributed by atoms with Crippen LogP contribution < -0.4 is 0 Å². The van der Waals surface area contributed by atoms with Gasteiger partial charge in [-0.15, -0.1) is 0 Å². The summed E-state index contributed by atoms with van der Waals surface area (Å²) >= 11 is 0. The summed E-state index contributed by atoms with van der Waals surface area (Å²) in [5.74, 6) is 3.84. The van der Waals surface area contributed by atoms with E-state index in [1.54, 1.807) is 0 Å². The Hall–Kier alpha value is -3.43. The normalized spacial score (nSPS) is 10.1. The lowest BCUT2D eigenvalue weighted by Crippen LogP contribution is -1.91. The molecule has 3 aromatic rings. The summed E-state index contributed by atoms with van der Waals surface area (Å²) in [6, 6.07) is 19.9. The van der Waals surface area contributed by atoms with Gasteiger partial charge in [-0.05, 0) is 53.8 Å². The summed E-state index contributed by atoms with van der Waals surface area (Å²) in [4.78, 5) is 0. The molecule has 138 valence electrons. The zero-order valence-corrected chi connectivity index (χ0v) is 15.6. The van der Waals surface area contributed by atoms with Gasteiger partial charge in [0.15, 0.2) is 0 Å². The number of hydrogen-bond donors (Lipinski definition) is 0. The Labute approximate surface area is 164 Å². The van der Waals surface area contributed by atoms with E-state index in [1.807, 2.05) is 24.3 Å². The summed E-state index contributed by atoms with van der Waals surface area (Å²) in [7, 11) is 0. The molecule has 3 heteroatoms. The number of halogens is 2. The predicted molar refractivity (Wildman–Crippen MR) is 108 cm³/mol. The monoisotopic (exact) mass is 371 g/mol. The van der Waals surface area contributed by atoms with E-state index in [0.717, 1.165) is 35.2 Å². The predicted octanol–water partition coefficient (Wildman–Crippen LogP) is 6.25. The van der Waals surface area contributed by atoms with Crippen LogP contribution in [0.4, 0.5) is 8.78 Å². The number of hydrogen-bond acceptors (Lipinski definition) is 1. The van der Waals surface area contributed by atoms with Crippen molar-refractivity contribution in [2.24, 2.45) is 0 Å². The average Bonchev–Trinajstić information content (AvgIpc) is 2.71. The molecule has 0 saturated heterocycles. The van der Waals surface area contributed by atoms with Gasteiger partial charge in [-0.25, -0.2) is 8.78 Å². The summed E-state index contributed by atoms with van der Waals surface area (Å²) in [6.07, 6.45) is 3.48. The molecule has 0 unspecified atom stereocenters. The number of nitrogens with zero attached hydrogens (tertiary/aromatic N) is 1. The van der Waals surface area contributed by atoms with Crippen molar-refractivity contribution < 1.29 is 8.78 Å². The highest BCUT2D eigenvalue weighted by Crippen LogP contribution is 2.21. The average molecular weight is 371 g/mol. The molecular weight excluding hydrogens is 352 g/mol. The van der Waals surface area contributed by atoms with E-state index < -0.39 is 17.2 Å². The molecule has 0 N–H and O–H groups in total. The molecule has 0 spiro atoms. The van der Waals surface area contributed by atoms with Gasteiger partial charge in [0.25, 0.3) is 0 Å². The van der Waals surface area contributed by atoms with Crippen molar-refractivity contribution in [3.8, 4) is 29.0 Å². The second-order valence-electron chi connectivity index (χ2n) is 6.55. The molecule has 1 nitrogen and oxygen atoms in total. The van der Waals surface area contributed by atoms with Crippen molar-refractivity contribution >= 4 is 0 Å². The highest BCUT2D eigenvalue weighted by Gasteiger charge is 2.09. The minimum Gasteiger partial charge on any atom is -0.205 e. The van der Waals surface area contributed by atoms with E-state index in [1.165, 1.54) is 24.5 Å². The van der Waals surface area contributed by atoms with Gasteiger partial charge in [0.05, 0.1) is 0 Å². The lowest BCUT2D eigenvalue weighted by molar-refractivity contribution is 0.576. The molecule has 0 saturated carbocycles. The molecular formula is C25H19F2N. The minimum absolute atomic E-state index is 0.195. The van der Waals surface area contributed by atoms with E-state index in [9.17, 15) is 8.78 Å². The van der Waals surface area contributed by atoms with Gasteiger partial charge < -0.3 is 0 Å². The molecule has 0 radical (unpaired) electrons. The van der Waals surface area contributed by atoms with E-state index in [0.29, 0.717) is 0 Å². The van der Waals surface area contributed by atoms with Crippen molar-refractivity contribution in [2.75, 3.05) is 0 Å². The maximum atomic E-state index is 13.6. The van der Waals surface area contributed by atoms with Crippen molar-refractivity contribution in [1.82, 2.24) is 0 Å². The van der Waals surface area contributed by atoms with E-state index >= 15 is 0 Å². The third kappa shape index (κ3) is 4.64. The van der Waals surface area contributed by atoms with Crippen LogP contribution in [0.5, 0.6) is 0 Å². The van der Waals surface area contributed by atoms with E-state index in [2.05, 4.69) is 43.0 Å². The van der Waals surface area contributed by atoms with Crippen LogP contribution in [-0.4, -0.2) is 0 Å². The third-order valence-corrected chi connectivity index (χ3v) is 4.50. The summed E-state index contributed by atoms with van der Waals surface area (Å²) in [6.45, 7) is 2.19. The Morgan fingerprint density at radius 1 is 0.786 bits per heavy atom. The summed E-state index contributed by atoms with van der Waals surface area (Å²) < 4.78 is 27.3. The maximum Gasteiger partial charge on any atom is 0.145 e. The van der Waals surface area contributed by atoms with Crippen LogP contribution in [0.25, 0.3) is 11.1 Å². The number of rotatable bonds is 4. The smallest absolute Gasteiger partial charge is 0.145 e. The molecule has 28 heavy (non-hydrogen) atoms. The van der Waals surface area contributed by atoms with Crippen LogP contribution >= 0.6 is 0 Å². The fourth-order valence-corrected chi connectivity index (χ4v) is 2.89. The van der Waals surface area contributed by atoms with Crippen LogP contribution in [0.15, 0.2) is 60.7 Å². The number of unbranched alkanes of at least 4 members (excludes halogenated alkanes) is 1. The maximum absolute atomic E-state index is 13.6. The molecule has 0 atom stereocenters. The fraction of sp³-hybridized carbons (Fsp3) is 0.160. The Bertz CT molecular complexity index is 1040. The molecule has 0 aliphatic heterocycles. The van der Waals surface area contributed by atoms with Gasteiger partial charge in [0.1, 0.15) is 23.3 Å². The van der Waals surface area contributed by atoms with Crippen molar-refractivity contribution in [1.29, 1.82) is 5.26 Å². The fourth-order valence-electron chi connectivity index (χ4n) is 2.89. The van der Waals surface area contributed by atoms with Gasteiger partial charge in [0, 0.05) is 11.1 Å². The Morgan fingerprint density at radius 2 is 1.32 bits per heavy atom. The van der Waals surface area contributed by atoms with Gasteiger partial charge >= 0.3 is 0 Å². The van der Waals surface area contributed by atoms with Crippen LogP contribution in [0, 0.1) is 34.8 Å². The SMILES string of the molecule is CCCCc1ccc(-c2ccc(C#Cc3cc(F)c(C#N)c(F)c3)cc2)cc1. The van der Waals surface area contributed by atoms with Crippen LogP contribution in [-0.2, 0) is 6.42 Å². The largest absolute Gasteiger partial charge is 0.205 e. The summed E-state index contributed by atoms with van der Waals surface area (Å²) in [5, 5.41) is 8.71. The van der Waals surface area contributed by atoms with Gasteiger partial charge in [-0.2, -0.15) is 5.26 Å². The first-order chi connectivity index (χ1) is 13.6. The molecule has 0 bridgehead atoms. The topological polar surface area (TPSA) is 23.8 Å². The van der Waals surface area contributed by atoms with Crippen molar-refractivity contribution in [3.63, 3.8) is 0 Å². The Kier molecular flexibility index (Phi) is 6.20. The lowest BCUT2D eigenvalue weighted by Gasteiger charge is -2.04. The Morgan fingerprint density at radius 3 is 1.86 bits per heavy atom.